The van der Waals surface area contributed by atoms with Gasteiger partial charge < -0.3 is 15.8 Å². The van der Waals surface area contributed by atoms with E-state index in [-0.39, 0.29) is 24.7 Å². The molecule has 3 heterocycles. The second kappa shape index (κ2) is 9.31. The fourth-order valence-corrected chi connectivity index (χ4v) is 3.06. The van der Waals surface area contributed by atoms with Crippen LogP contribution in [0, 0.1) is 0 Å². The van der Waals surface area contributed by atoms with Gasteiger partial charge in [-0.2, -0.15) is 0 Å². The fraction of sp³-hybridized carbons (Fsp3) is 0.143. The largest absolute Gasteiger partial charge is 0.460 e. The van der Waals surface area contributed by atoms with E-state index in [0.717, 1.165) is 16.8 Å². The Morgan fingerprint density at radius 2 is 2.06 bits per heavy atom. The molecule has 4 rings (SSSR count). The van der Waals surface area contributed by atoms with Gasteiger partial charge in [0.25, 0.3) is 0 Å². The maximum Gasteiger partial charge on any atom is 0.338 e. The van der Waals surface area contributed by atoms with Crippen LogP contribution in [-0.4, -0.2) is 38.6 Å². The highest BCUT2D eigenvalue weighted by molar-refractivity contribution is 5.91. The van der Waals surface area contributed by atoms with Crippen molar-refractivity contribution in [2.24, 2.45) is 7.05 Å². The van der Waals surface area contributed by atoms with Gasteiger partial charge in [-0.3, -0.25) is 14.5 Å². The van der Waals surface area contributed by atoms with Crippen LogP contribution in [0.1, 0.15) is 10.4 Å². The molecular weight excluding hydrogens is 420 g/mol. The van der Waals surface area contributed by atoms with Gasteiger partial charge >= 0.3 is 11.7 Å². The number of hydrogen-bond acceptors (Lipinski definition) is 7. The molecule has 0 atom stereocenters. The molecule has 0 spiro atoms. The molecule has 0 saturated carbocycles. The number of aryl methyl sites for hydroxylation is 1. The number of aromatic amines is 1. The lowest BCUT2D eigenvalue weighted by Crippen LogP contribution is -2.14. The van der Waals surface area contributed by atoms with Gasteiger partial charge in [0.05, 0.1) is 28.7 Å². The minimum absolute atomic E-state index is 0. The number of esters is 1. The van der Waals surface area contributed by atoms with Gasteiger partial charge in [-0.1, -0.05) is 12.1 Å². The van der Waals surface area contributed by atoms with Crippen molar-refractivity contribution < 1.29 is 9.53 Å². The summed E-state index contributed by atoms with van der Waals surface area (Å²) >= 11 is 0. The van der Waals surface area contributed by atoms with Crippen LogP contribution in [0.25, 0.3) is 22.3 Å². The van der Waals surface area contributed by atoms with Crippen molar-refractivity contribution in [1.29, 1.82) is 0 Å². The third-order valence-electron chi connectivity index (χ3n) is 4.69. The SMILES string of the molecule is Cl.Cn1c(=O)[nH]c2ncc(-c3cccc(C(=O)OCCNc4ccncc4N)c3)cc21. The molecule has 0 aliphatic heterocycles. The number of nitrogens with two attached hydrogens (primary N) is 1. The highest BCUT2D eigenvalue weighted by atomic mass is 35.5. The van der Waals surface area contributed by atoms with Gasteiger partial charge in [0.2, 0.25) is 0 Å². The number of imidazole rings is 1. The summed E-state index contributed by atoms with van der Waals surface area (Å²) in [5, 5.41) is 3.10. The average Bonchev–Trinajstić information content (AvgIpc) is 3.05. The Balaban J connectivity index is 0.00000272. The average molecular weight is 441 g/mol. The third-order valence-corrected chi connectivity index (χ3v) is 4.69. The van der Waals surface area contributed by atoms with E-state index in [4.69, 9.17) is 10.5 Å². The molecule has 0 unspecified atom stereocenters. The number of nitrogens with zero attached hydrogens (tertiary/aromatic N) is 3. The summed E-state index contributed by atoms with van der Waals surface area (Å²) in [5.74, 6) is -0.426. The lowest BCUT2D eigenvalue weighted by Gasteiger charge is -2.10. The lowest BCUT2D eigenvalue weighted by atomic mass is 10.0. The maximum atomic E-state index is 12.4. The molecule has 4 N–H and O–H groups in total. The molecule has 0 saturated heterocycles. The van der Waals surface area contributed by atoms with Crippen LogP contribution in [0.15, 0.2) is 59.8 Å². The van der Waals surface area contributed by atoms with Crippen molar-refractivity contribution in [2.75, 3.05) is 24.2 Å². The van der Waals surface area contributed by atoms with Gasteiger partial charge in [0.1, 0.15) is 6.61 Å². The number of aromatic nitrogens is 4. The Morgan fingerprint density at radius 1 is 1.23 bits per heavy atom. The van der Waals surface area contributed by atoms with Crippen molar-refractivity contribution in [1.82, 2.24) is 19.5 Å². The number of ether oxygens (including phenoxy) is 1. The van der Waals surface area contributed by atoms with Crippen LogP contribution in [-0.2, 0) is 11.8 Å². The minimum Gasteiger partial charge on any atom is -0.460 e. The number of halogens is 1. The fourth-order valence-electron chi connectivity index (χ4n) is 3.06. The summed E-state index contributed by atoms with van der Waals surface area (Å²) < 4.78 is 6.84. The van der Waals surface area contributed by atoms with Gasteiger partial charge in [-0.05, 0) is 29.8 Å². The number of H-pyrrole nitrogens is 1. The molecule has 1 aromatic carbocycles. The first-order valence-electron chi connectivity index (χ1n) is 9.28. The van der Waals surface area contributed by atoms with Crippen LogP contribution in [0.2, 0.25) is 0 Å². The number of hydrogen-bond donors (Lipinski definition) is 3. The number of anilines is 2. The molecule has 0 amide bonds. The first kappa shape index (κ1) is 21.8. The van der Waals surface area contributed by atoms with Gasteiger partial charge in [-0.15, -0.1) is 12.4 Å². The van der Waals surface area contributed by atoms with Crippen molar-refractivity contribution >= 4 is 40.9 Å². The Labute approximate surface area is 183 Å². The standard InChI is InChI=1S/C21H20N6O3.ClH/c1-27-18-10-15(11-25-19(18)26-21(27)29)13-3-2-4-14(9-13)20(28)30-8-7-24-17-5-6-23-12-16(17)22;/h2-6,9-12H,7-8,22H2,1H3,(H,23,24)(H,25,26,29);1H. The smallest absolute Gasteiger partial charge is 0.338 e. The van der Waals surface area contributed by atoms with Crippen molar-refractivity contribution in [3.8, 4) is 11.1 Å². The summed E-state index contributed by atoms with van der Waals surface area (Å²) in [6.07, 6.45) is 4.84. The molecule has 0 bridgehead atoms. The molecule has 0 fully saturated rings. The Hall–Kier alpha value is -3.85. The number of pyridine rings is 2. The van der Waals surface area contributed by atoms with E-state index in [0.29, 0.717) is 29.0 Å². The van der Waals surface area contributed by atoms with E-state index < -0.39 is 5.97 Å². The van der Waals surface area contributed by atoms with Crippen LogP contribution in [0.3, 0.4) is 0 Å². The topological polar surface area (TPSA) is 128 Å². The molecule has 3 aromatic heterocycles. The quantitative estimate of drug-likeness (QED) is 0.310. The van der Waals surface area contributed by atoms with Gasteiger partial charge in [-0.25, -0.2) is 14.6 Å². The van der Waals surface area contributed by atoms with E-state index in [2.05, 4.69) is 20.3 Å². The number of nitrogens with one attached hydrogen (secondary N) is 2. The van der Waals surface area contributed by atoms with Crippen LogP contribution in [0.4, 0.5) is 11.4 Å². The second-order valence-electron chi connectivity index (χ2n) is 6.69. The first-order chi connectivity index (χ1) is 14.5. The zero-order chi connectivity index (χ0) is 21.1. The molecular formula is C21H21ClN6O3. The van der Waals surface area contributed by atoms with Crippen LogP contribution < -0.4 is 16.7 Å². The molecule has 9 nitrogen and oxygen atoms in total. The second-order valence-corrected chi connectivity index (χ2v) is 6.69. The van der Waals surface area contributed by atoms with Crippen molar-refractivity contribution in [3.05, 3.63) is 71.0 Å². The monoisotopic (exact) mass is 440 g/mol. The van der Waals surface area contributed by atoms with Crippen LogP contribution >= 0.6 is 12.4 Å². The summed E-state index contributed by atoms with van der Waals surface area (Å²) in [5.41, 5.74) is 10.1. The molecule has 0 radical (unpaired) electrons. The van der Waals surface area contributed by atoms with E-state index in [1.54, 1.807) is 49.9 Å². The highest BCUT2D eigenvalue weighted by Gasteiger charge is 2.11. The minimum atomic E-state index is -0.426. The number of carbonyl (C=O) groups excluding carboxylic acids is 1. The van der Waals surface area contributed by atoms with E-state index in [9.17, 15) is 9.59 Å². The Kier molecular flexibility index (Phi) is 6.56. The maximum absolute atomic E-state index is 12.4. The summed E-state index contributed by atoms with van der Waals surface area (Å²) in [6.45, 7) is 0.603. The Morgan fingerprint density at radius 3 is 2.87 bits per heavy atom. The number of rotatable bonds is 6. The first-order valence-corrected chi connectivity index (χ1v) is 9.28. The van der Waals surface area contributed by atoms with Crippen molar-refractivity contribution in [2.45, 2.75) is 0 Å². The molecule has 4 aromatic rings. The third kappa shape index (κ3) is 4.67. The normalized spacial score (nSPS) is 10.5. The number of benzene rings is 1. The summed E-state index contributed by atoms with van der Waals surface area (Å²) in [6, 6.07) is 10.7. The number of carbonyl (C=O) groups is 1. The van der Waals surface area contributed by atoms with Gasteiger partial charge in [0, 0.05) is 31.5 Å². The summed E-state index contributed by atoms with van der Waals surface area (Å²) in [7, 11) is 1.67. The highest BCUT2D eigenvalue weighted by Crippen LogP contribution is 2.23. The zero-order valence-corrected chi connectivity index (χ0v) is 17.5. The van der Waals surface area contributed by atoms with Gasteiger partial charge in [0.15, 0.2) is 5.65 Å². The van der Waals surface area contributed by atoms with Crippen molar-refractivity contribution in [3.63, 3.8) is 0 Å². The number of nitrogen functional groups attached to an aromatic ring is 1. The molecule has 0 aliphatic rings. The lowest BCUT2D eigenvalue weighted by molar-refractivity contribution is 0.0520. The predicted molar refractivity (Wildman–Crippen MR) is 121 cm³/mol. The van der Waals surface area contributed by atoms with E-state index in [1.807, 2.05) is 12.1 Å². The Bertz CT molecular complexity index is 1280. The summed E-state index contributed by atoms with van der Waals surface area (Å²) in [4.78, 5) is 35.1. The predicted octanol–water partition coefficient (Wildman–Crippen LogP) is 2.60. The van der Waals surface area contributed by atoms with E-state index in [1.165, 1.54) is 4.57 Å². The van der Waals surface area contributed by atoms with Crippen LogP contribution in [0.5, 0.6) is 0 Å². The zero-order valence-electron chi connectivity index (χ0n) is 16.7. The molecule has 10 heteroatoms. The molecule has 160 valence electrons. The van der Waals surface area contributed by atoms with E-state index >= 15 is 0 Å². The molecule has 31 heavy (non-hydrogen) atoms. The number of fused-ring (bicyclic) bond motifs is 1. The molecule has 0 aliphatic carbocycles.